The van der Waals surface area contributed by atoms with E-state index in [4.69, 9.17) is 4.74 Å². The zero-order chi connectivity index (χ0) is 20.2. The van der Waals surface area contributed by atoms with E-state index in [1.165, 1.54) is 89.9 Å². The van der Waals surface area contributed by atoms with Gasteiger partial charge in [-0.15, -0.1) is 0 Å². The molecule has 0 radical (unpaired) electrons. The smallest absolute Gasteiger partial charge is 0.0613 e. The van der Waals surface area contributed by atoms with Crippen LogP contribution in [-0.2, 0) is 4.74 Å². The molecule has 1 unspecified atom stereocenters. The molecule has 0 aromatic carbocycles. The number of ether oxygens (including phenoxy) is 1. The van der Waals surface area contributed by atoms with Crippen molar-refractivity contribution in [2.45, 2.75) is 142 Å². The number of hydrogen-bond donors (Lipinski definition) is 1. The Labute approximate surface area is 171 Å². The fourth-order valence-corrected chi connectivity index (χ4v) is 3.27. The van der Waals surface area contributed by atoms with Gasteiger partial charge in [-0.1, -0.05) is 83.3 Å². The van der Waals surface area contributed by atoms with Gasteiger partial charge in [-0.25, -0.2) is 0 Å². The summed E-state index contributed by atoms with van der Waals surface area (Å²) in [5.41, 5.74) is -0.608. The third-order valence-electron chi connectivity index (χ3n) is 5.24. The summed E-state index contributed by atoms with van der Waals surface area (Å²) in [5, 5.41) is 9.67. The van der Waals surface area contributed by atoms with Crippen LogP contribution < -0.4 is 0 Å². The van der Waals surface area contributed by atoms with E-state index in [0.717, 1.165) is 6.42 Å². The standard InChI is InChI=1S/C25H50O2/c1-5-6-7-8-9-10-11-12-13-14-15-16-17-18-19-20-21-24(2)27-23-22-25(3,4)26/h12-13,24,26H,5-11,14-23H2,1-4H3/b13-12-. The Balaban J connectivity index is 3.23. The lowest BCUT2D eigenvalue weighted by Crippen LogP contribution is -2.22. The first-order chi connectivity index (χ1) is 13.0. The molecule has 0 rings (SSSR count). The molecule has 2 heteroatoms. The van der Waals surface area contributed by atoms with E-state index in [0.29, 0.717) is 19.1 Å². The summed E-state index contributed by atoms with van der Waals surface area (Å²) in [6.07, 6.45) is 26.0. The Morgan fingerprint density at radius 3 is 1.78 bits per heavy atom. The van der Waals surface area contributed by atoms with Gasteiger partial charge in [0.15, 0.2) is 0 Å². The van der Waals surface area contributed by atoms with E-state index >= 15 is 0 Å². The van der Waals surface area contributed by atoms with E-state index in [9.17, 15) is 5.11 Å². The molecule has 0 spiro atoms. The Morgan fingerprint density at radius 1 is 0.778 bits per heavy atom. The zero-order valence-electron chi connectivity index (χ0n) is 19.1. The van der Waals surface area contributed by atoms with Crippen LogP contribution in [0.5, 0.6) is 0 Å². The van der Waals surface area contributed by atoms with Crippen molar-refractivity contribution < 1.29 is 9.84 Å². The largest absolute Gasteiger partial charge is 0.390 e. The predicted molar refractivity (Wildman–Crippen MR) is 120 cm³/mol. The van der Waals surface area contributed by atoms with Crippen molar-refractivity contribution in [2.75, 3.05) is 6.61 Å². The van der Waals surface area contributed by atoms with E-state index < -0.39 is 5.60 Å². The number of allylic oxidation sites excluding steroid dienone is 2. The normalized spacial score (nSPS) is 13.5. The predicted octanol–water partition coefficient (Wildman–Crippen LogP) is 7.98. The summed E-state index contributed by atoms with van der Waals surface area (Å²) in [7, 11) is 0. The Bertz CT molecular complexity index is 317. The Morgan fingerprint density at radius 2 is 1.26 bits per heavy atom. The van der Waals surface area contributed by atoms with Crippen molar-refractivity contribution in [3.05, 3.63) is 12.2 Å². The van der Waals surface area contributed by atoms with Crippen molar-refractivity contribution in [2.24, 2.45) is 0 Å². The van der Waals surface area contributed by atoms with E-state index in [1.54, 1.807) is 0 Å². The molecule has 0 aliphatic carbocycles. The minimum Gasteiger partial charge on any atom is -0.390 e. The van der Waals surface area contributed by atoms with Gasteiger partial charge in [0, 0.05) is 6.61 Å². The first-order valence-electron chi connectivity index (χ1n) is 11.9. The maximum Gasteiger partial charge on any atom is 0.0613 e. The molecule has 0 aromatic heterocycles. The highest BCUT2D eigenvalue weighted by molar-refractivity contribution is 4.81. The summed E-state index contributed by atoms with van der Waals surface area (Å²) in [5.74, 6) is 0. The molecular weight excluding hydrogens is 332 g/mol. The summed E-state index contributed by atoms with van der Waals surface area (Å²) in [6.45, 7) is 8.78. The van der Waals surface area contributed by atoms with E-state index in [1.807, 2.05) is 13.8 Å². The fraction of sp³-hybridized carbons (Fsp3) is 0.920. The average molecular weight is 383 g/mol. The summed E-state index contributed by atoms with van der Waals surface area (Å²) >= 11 is 0. The number of rotatable bonds is 20. The van der Waals surface area contributed by atoms with Crippen molar-refractivity contribution in [1.29, 1.82) is 0 Å². The lowest BCUT2D eigenvalue weighted by molar-refractivity contribution is 0.00130. The van der Waals surface area contributed by atoms with Crippen molar-refractivity contribution >= 4 is 0 Å². The van der Waals surface area contributed by atoms with Gasteiger partial charge in [0.1, 0.15) is 0 Å². The molecule has 162 valence electrons. The fourth-order valence-electron chi connectivity index (χ4n) is 3.27. The van der Waals surface area contributed by atoms with Gasteiger partial charge in [-0.3, -0.25) is 0 Å². The number of aliphatic hydroxyl groups is 1. The second-order valence-corrected chi connectivity index (χ2v) is 8.97. The quantitative estimate of drug-likeness (QED) is 0.171. The lowest BCUT2D eigenvalue weighted by Gasteiger charge is -2.19. The van der Waals surface area contributed by atoms with Crippen molar-refractivity contribution in [3.8, 4) is 0 Å². The zero-order valence-corrected chi connectivity index (χ0v) is 19.1. The number of unbranched alkanes of at least 4 members (excludes halogenated alkanes) is 12. The molecule has 27 heavy (non-hydrogen) atoms. The molecule has 0 saturated carbocycles. The molecule has 0 aromatic rings. The second-order valence-electron chi connectivity index (χ2n) is 8.97. The minimum atomic E-state index is -0.608. The highest BCUT2D eigenvalue weighted by Gasteiger charge is 2.12. The average Bonchev–Trinajstić information content (AvgIpc) is 2.60. The monoisotopic (exact) mass is 382 g/mol. The van der Waals surface area contributed by atoms with Crippen LogP contribution in [0.3, 0.4) is 0 Å². The summed E-state index contributed by atoms with van der Waals surface area (Å²) in [4.78, 5) is 0. The maximum atomic E-state index is 9.67. The maximum absolute atomic E-state index is 9.67. The Hall–Kier alpha value is -0.340. The van der Waals surface area contributed by atoms with Crippen LogP contribution >= 0.6 is 0 Å². The SMILES string of the molecule is CCCCCCCC/C=C\CCCCCCCCC(C)OCCC(C)(C)O. The second kappa shape index (κ2) is 19.0. The van der Waals surface area contributed by atoms with Gasteiger partial charge in [0.25, 0.3) is 0 Å². The van der Waals surface area contributed by atoms with E-state index in [-0.39, 0.29) is 0 Å². The topological polar surface area (TPSA) is 29.5 Å². The van der Waals surface area contributed by atoms with Crippen LogP contribution in [-0.4, -0.2) is 23.4 Å². The van der Waals surface area contributed by atoms with Crippen LogP contribution in [0, 0.1) is 0 Å². The van der Waals surface area contributed by atoms with Crippen LogP contribution in [0.2, 0.25) is 0 Å². The molecule has 0 fully saturated rings. The molecule has 0 bridgehead atoms. The van der Waals surface area contributed by atoms with Gasteiger partial charge >= 0.3 is 0 Å². The molecular formula is C25H50O2. The summed E-state index contributed by atoms with van der Waals surface area (Å²) in [6, 6.07) is 0. The first-order valence-corrected chi connectivity index (χ1v) is 11.9. The summed E-state index contributed by atoms with van der Waals surface area (Å²) < 4.78 is 5.77. The van der Waals surface area contributed by atoms with Crippen molar-refractivity contribution in [1.82, 2.24) is 0 Å². The number of hydrogen-bond acceptors (Lipinski definition) is 2. The minimum absolute atomic E-state index is 0.323. The van der Waals surface area contributed by atoms with E-state index in [2.05, 4.69) is 26.0 Å². The molecule has 0 aliphatic rings. The molecule has 1 N–H and O–H groups in total. The Kier molecular flexibility index (Phi) is 18.8. The van der Waals surface area contributed by atoms with Crippen LogP contribution in [0.1, 0.15) is 130 Å². The van der Waals surface area contributed by atoms with Crippen LogP contribution in [0.25, 0.3) is 0 Å². The third kappa shape index (κ3) is 23.6. The molecule has 0 aliphatic heterocycles. The van der Waals surface area contributed by atoms with Gasteiger partial charge in [0.05, 0.1) is 11.7 Å². The molecule has 1 atom stereocenters. The lowest BCUT2D eigenvalue weighted by atomic mass is 10.1. The van der Waals surface area contributed by atoms with Gasteiger partial charge in [-0.05, 0) is 59.3 Å². The van der Waals surface area contributed by atoms with Crippen LogP contribution in [0.4, 0.5) is 0 Å². The third-order valence-corrected chi connectivity index (χ3v) is 5.24. The molecule has 0 heterocycles. The van der Waals surface area contributed by atoms with Crippen LogP contribution in [0.15, 0.2) is 12.2 Å². The van der Waals surface area contributed by atoms with Gasteiger partial charge in [-0.2, -0.15) is 0 Å². The molecule has 2 nitrogen and oxygen atoms in total. The van der Waals surface area contributed by atoms with Gasteiger partial charge < -0.3 is 9.84 Å². The highest BCUT2D eigenvalue weighted by Crippen LogP contribution is 2.13. The first kappa shape index (κ1) is 26.7. The van der Waals surface area contributed by atoms with Gasteiger partial charge in [0.2, 0.25) is 0 Å². The van der Waals surface area contributed by atoms with Crippen molar-refractivity contribution in [3.63, 3.8) is 0 Å². The molecule has 0 amide bonds. The molecule has 0 saturated heterocycles. The highest BCUT2D eigenvalue weighted by atomic mass is 16.5.